The third kappa shape index (κ3) is 3.23. The molecule has 3 rings (SSSR count). The van der Waals surface area contributed by atoms with Gasteiger partial charge >= 0.3 is 0 Å². The molecule has 1 unspecified atom stereocenters. The predicted octanol–water partition coefficient (Wildman–Crippen LogP) is 2.37. The molecule has 2 N–H and O–H groups in total. The molecular formula is C14H16BrN3O. The van der Waals surface area contributed by atoms with Gasteiger partial charge in [-0.05, 0) is 12.1 Å². The van der Waals surface area contributed by atoms with Crippen molar-refractivity contribution in [2.45, 2.75) is 12.5 Å². The third-order valence-electron chi connectivity index (χ3n) is 3.20. The summed E-state index contributed by atoms with van der Waals surface area (Å²) in [5.74, 6) is 0.998. The van der Waals surface area contributed by atoms with E-state index in [1.54, 1.807) is 0 Å². The first-order valence-electron chi connectivity index (χ1n) is 6.42. The third-order valence-corrected chi connectivity index (χ3v) is 3.70. The Morgan fingerprint density at radius 2 is 2.37 bits per heavy atom. The number of benzene rings is 1. The average molecular weight is 322 g/mol. The van der Waals surface area contributed by atoms with Crippen LogP contribution in [-0.2, 0) is 11.2 Å². The molecule has 0 amide bonds. The van der Waals surface area contributed by atoms with Crippen LogP contribution in [0.15, 0.2) is 34.9 Å². The van der Waals surface area contributed by atoms with Crippen molar-refractivity contribution in [1.29, 1.82) is 0 Å². The van der Waals surface area contributed by atoms with Crippen molar-refractivity contribution in [2.75, 3.05) is 19.8 Å². The Morgan fingerprint density at radius 1 is 1.42 bits per heavy atom. The number of imidazole rings is 1. The van der Waals surface area contributed by atoms with Crippen molar-refractivity contribution < 1.29 is 4.74 Å². The van der Waals surface area contributed by atoms with Crippen LogP contribution in [0.4, 0.5) is 0 Å². The lowest BCUT2D eigenvalue weighted by molar-refractivity contribution is 0.0764. The standard InChI is InChI=1S/C14H16BrN3O/c15-11-3-1-2-10(6-11)13-8-17-14(18-13)7-12-9-19-5-4-16-12/h1-3,6,8,12,16H,4-5,7,9H2,(H,17,18). The molecule has 1 saturated heterocycles. The van der Waals surface area contributed by atoms with Gasteiger partial charge in [-0.15, -0.1) is 0 Å². The van der Waals surface area contributed by atoms with Crippen LogP contribution in [0.1, 0.15) is 5.82 Å². The van der Waals surface area contributed by atoms with E-state index in [0.717, 1.165) is 47.7 Å². The van der Waals surface area contributed by atoms with Crippen LogP contribution < -0.4 is 5.32 Å². The SMILES string of the molecule is Brc1cccc(-c2cnc(CC3COCCN3)[nH]2)c1. The van der Waals surface area contributed by atoms with Crippen LogP contribution in [0.5, 0.6) is 0 Å². The molecule has 1 aliphatic heterocycles. The van der Waals surface area contributed by atoms with E-state index in [0.29, 0.717) is 6.04 Å². The topological polar surface area (TPSA) is 49.9 Å². The largest absolute Gasteiger partial charge is 0.379 e. The van der Waals surface area contributed by atoms with Crippen molar-refractivity contribution in [2.24, 2.45) is 0 Å². The fourth-order valence-corrected chi connectivity index (χ4v) is 2.65. The lowest BCUT2D eigenvalue weighted by atomic mass is 10.2. The second kappa shape index (κ2) is 5.86. The molecule has 5 heteroatoms. The van der Waals surface area contributed by atoms with Crippen molar-refractivity contribution in [1.82, 2.24) is 15.3 Å². The van der Waals surface area contributed by atoms with Gasteiger partial charge in [-0.1, -0.05) is 28.1 Å². The minimum absolute atomic E-state index is 0.357. The van der Waals surface area contributed by atoms with Gasteiger partial charge < -0.3 is 15.0 Å². The van der Waals surface area contributed by atoms with Gasteiger partial charge in [0.2, 0.25) is 0 Å². The summed E-state index contributed by atoms with van der Waals surface area (Å²) in [5.41, 5.74) is 2.19. The summed E-state index contributed by atoms with van der Waals surface area (Å²) < 4.78 is 6.52. The summed E-state index contributed by atoms with van der Waals surface area (Å²) in [6.07, 6.45) is 2.76. The summed E-state index contributed by atoms with van der Waals surface area (Å²) in [5, 5.41) is 3.43. The number of nitrogens with zero attached hydrogens (tertiary/aromatic N) is 1. The molecule has 0 aliphatic carbocycles. The van der Waals surface area contributed by atoms with Crippen LogP contribution >= 0.6 is 15.9 Å². The van der Waals surface area contributed by atoms with Crippen LogP contribution in [0.25, 0.3) is 11.3 Å². The fraction of sp³-hybridized carbons (Fsp3) is 0.357. The number of halogens is 1. The summed E-state index contributed by atoms with van der Waals surface area (Å²) in [7, 11) is 0. The van der Waals surface area contributed by atoms with E-state index in [9.17, 15) is 0 Å². The molecule has 2 heterocycles. The van der Waals surface area contributed by atoms with E-state index in [4.69, 9.17) is 4.74 Å². The van der Waals surface area contributed by atoms with E-state index in [1.807, 2.05) is 18.3 Å². The van der Waals surface area contributed by atoms with E-state index in [-0.39, 0.29) is 0 Å². The number of nitrogens with one attached hydrogen (secondary N) is 2. The zero-order valence-corrected chi connectivity index (χ0v) is 12.1. The first-order valence-corrected chi connectivity index (χ1v) is 7.21. The zero-order chi connectivity index (χ0) is 13.1. The maximum atomic E-state index is 5.45. The first kappa shape index (κ1) is 12.8. The van der Waals surface area contributed by atoms with Gasteiger partial charge in [-0.2, -0.15) is 0 Å². The highest BCUT2D eigenvalue weighted by molar-refractivity contribution is 9.10. The minimum atomic E-state index is 0.357. The number of morpholine rings is 1. The fourth-order valence-electron chi connectivity index (χ4n) is 2.25. The highest BCUT2D eigenvalue weighted by Crippen LogP contribution is 2.21. The second-order valence-electron chi connectivity index (χ2n) is 4.68. The van der Waals surface area contributed by atoms with Gasteiger partial charge in [0.25, 0.3) is 0 Å². The number of aromatic nitrogens is 2. The van der Waals surface area contributed by atoms with E-state index < -0.39 is 0 Å². The van der Waals surface area contributed by atoms with Gasteiger partial charge in [0, 0.05) is 29.0 Å². The van der Waals surface area contributed by atoms with Gasteiger partial charge in [0.1, 0.15) is 5.82 Å². The summed E-state index contributed by atoms with van der Waals surface area (Å²) in [6.45, 7) is 2.48. The van der Waals surface area contributed by atoms with Gasteiger partial charge in [-0.25, -0.2) is 4.98 Å². The van der Waals surface area contributed by atoms with Gasteiger partial charge in [0.15, 0.2) is 0 Å². The Hall–Kier alpha value is -1.17. The smallest absolute Gasteiger partial charge is 0.108 e. The Bertz CT molecular complexity index is 549. The van der Waals surface area contributed by atoms with Crippen molar-refractivity contribution in [3.63, 3.8) is 0 Å². The van der Waals surface area contributed by atoms with E-state index >= 15 is 0 Å². The van der Waals surface area contributed by atoms with Gasteiger partial charge in [-0.3, -0.25) is 0 Å². The molecule has 100 valence electrons. The molecule has 0 saturated carbocycles. The quantitative estimate of drug-likeness (QED) is 0.912. The van der Waals surface area contributed by atoms with Crippen LogP contribution in [-0.4, -0.2) is 35.8 Å². The molecule has 4 nitrogen and oxygen atoms in total. The normalized spacial score (nSPS) is 19.5. The van der Waals surface area contributed by atoms with Crippen molar-refractivity contribution in [3.8, 4) is 11.3 Å². The predicted molar refractivity (Wildman–Crippen MR) is 78.0 cm³/mol. The maximum absolute atomic E-state index is 5.45. The summed E-state index contributed by atoms with van der Waals surface area (Å²) in [4.78, 5) is 7.83. The Kier molecular flexibility index (Phi) is 3.96. The number of rotatable bonds is 3. The molecule has 0 spiro atoms. The van der Waals surface area contributed by atoms with Crippen molar-refractivity contribution in [3.05, 3.63) is 40.8 Å². The van der Waals surface area contributed by atoms with E-state index in [1.165, 1.54) is 0 Å². The highest BCUT2D eigenvalue weighted by Gasteiger charge is 2.15. The molecule has 1 atom stereocenters. The molecule has 1 fully saturated rings. The zero-order valence-electron chi connectivity index (χ0n) is 10.5. The highest BCUT2D eigenvalue weighted by atomic mass is 79.9. The molecule has 0 bridgehead atoms. The summed E-state index contributed by atoms with van der Waals surface area (Å²) >= 11 is 3.49. The van der Waals surface area contributed by atoms with Crippen LogP contribution in [0.2, 0.25) is 0 Å². The lowest BCUT2D eigenvalue weighted by Crippen LogP contribution is -2.42. The lowest BCUT2D eigenvalue weighted by Gasteiger charge is -2.22. The van der Waals surface area contributed by atoms with Crippen LogP contribution in [0, 0.1) is 0 Å². The molecule has 1 aromatic heterocycles. The number of aromatic amines is 1. The van der Waals surface area contributed by atoms with Crippen molar-refractivity contribution >= 4 is 15.9 Å². The molecular weight excluding hydrogens is 306 g/mol. The Balaban J connectivity index is 1.72. The van der Waals surface area contributed by atoms with Crippen LogP contribution in [0.3, 0.4) is 0 Å². The summed E-state index contributed by atoms with van der Waals surface area (Å²) in [6, 6.07) is 8.55. The molecule has 2 aromatic rings. The molecule has 1 aromatic carbocycles. The number of ether oxygens (including phenoxy) is 1. The number of H-pyrrole nitrogens is 1. The molecule has 19 heavy (non-hydrogen) atoms. The van der Waals surface area contributed by atoms with Gasteiger partial charge in [0.05, 0.1) is 25.1 Å². The van der Waals surface area contributed by atoms with E-state index in [2.05, 4.69) is 43.3 Å². The number of hydrogen-bond acceptors (Lipinski definition) is 3. The minimum Gasteiger partial charge on any atom is -0.379 e. The Morgan fingerprint density at radius 3 is 3.16 bits per heavy atom. The first-order chi connectivity index (χ1) is 9.31. The average Bonchev–Trinajstić information content (AvgIpc) is 2.88. The maximum Gasteiger partial charge on any atom is 0.108 e. The molecule has 0 radical (unpaired) electrons. The molecule has 1 aliphatic rings. The Labute approximate surface area is 120 Å². The second-order valence-corrected chi connectivity index (χ2v) is 5.60. The monoisotopic (exact) mass is 321 g/mol. The number of hydrogen-bond donors (Lipinski definition) is 2.